The fraction of sp³-hybridized carbons (Fsp3) is 0.947. The van der Waals surface area contributed by atoms with E-state index in [1.165, 1.54) is 56.7 Å². The van der Waals surface area contributed by atoms with Crippen molar-refractivity contribution >= 4 is 83.9 Å². The van der Waals surface area contributed by atoms with Crippen LogP contribution in [-0.4, -0.2) is 116 Å². The molecular weight excluding hydrogens is 833 g/mol. The molecule has 0 saturated heterocycles. The Bertz CT molecular complexity index is 944. The zero-order valence-electron chi connectivity index (χ0n) is 37.9. The maximum Gasteiger partial charge on any atom is 0.436 e. The zero-order valence-corrected chi connectivity index (χ0v) is 47.6. The molecule has 0 aliphatic carbocycles. The van der Waals surface area contributed by atoms with E-state index in [0.717, 1.165) is 41.1 Å². The molecule has 0 aromatic carbocycles. The Hall–Kier alpha value is 0.355. The SMILES string of the molecule is C[SiH](C)CC(C(CCCC[SiH2]CCCNC(=O)C(F)(F)OCCCF)[SiH](C)C)[SiH](C)C.C[SiH](C)CC(C(CCCC[SiH2]CCCNC(=O)F)[SiH](C)C)[SiH](C)C. The van der Waals surface area contributed by atoms with Crippen molar-refractivity contribution in [1.82, 2.24) is 10.6 Å². The zero-order chi connectivity index (χ0) is 42.4. The highest BCUT2D eigenvalue weighted by molar-refractivity contribution is 6.68. The molecular formula is C38H90F4N2O3Si8. The molecule has 55 heavy (non-hydrogen) atoms. The van der Waals surface area contributed by atoms with Crippen LogP contribution in [0.1, 0.15) is 57.8 Å². The fourth-order valence-electron chi connectivity index (χ4n) is 8.29. The summed E-state index contributed by atoms with van der Waals surface area (Å²) >= 11 is 0. The summed E-state index contributed by atoms with van der Waals surface area (Å²) in [5.74, 6) is -1.41. The van der Waals surface area contributed by atoms with Gasteiger partial charge < -0.3 is 15.4 Å². The number of unbranched alkanes of at least 4 members (excludes halogenated alkanes) is 2. The van der Waals surface area contributed by atoms with Gasteiger partial charge in [0.15, 0.2) is 0 Å². The molecule has 2 amide bonds. The van der Waals surface area contributed by atoms with Crippen LogP contribution in [0.2, 0.25) is 137 Å². The lowest BCUT2D eigenvalue weighted by Crippen LogP contribution is -2.42. The predicted molar refractivity (Wildman–Crippen MR) is 260 cm³/mol. The molecule has 0 aromatic rings. The third kappa shape index (κ3) is 31.9. The van der Waals surface area contributed by atoms with Crippen LogP contribution in [0.3, 0.4) is 0 Å². The number of carbonyl (C=O) groups excluding carboxylic acids is 2. The van der Waals surface area contributed by atoms with Crippen LogP contribution in [0.15, 0.2) is 0 Å². The Labute approximate surface area is 351 Å². The van der Waals surface area contributed by atoms with E-state index in [1.54, 1.807) is 12.1 Å². The first-order valence-corrected chi connectivity index (χ1v) is 44.7. The number of amides is 2. The van der Waals surface area contributed by atoms with E-state index < -0.39 is 84.2 Å². The third-order valence-electron chi connectivity index (χ3n) is 11.3. The summed E-state index contributed by atoms with van der Waals surface area (Å²) in [7, 11) is -3.44. The lowest BCUT2D eigenvalue weighted by Gasteiger charge is -2.33. The van der Waals surface area contributed by atoms with Gasteiger partial charge in [0.25, 0.3) is 0 Å². The number of hydrogen-bond donors (Lipinski definition) is 2. The molecule has 2 N–H and O–H groups in total. The number of ether oxygens (including phenoxy) is 1. The van der Waals surface area contributed by atoms with E-state index in [9.17, 15) is 27.2 Å². The number of alkyl halides is 3. The Morgan fingerprint density at radius 3 is 1.31 bits per heavy atom. The van der Waals surface area contributed by atoms with Gasteiger partial charge in [-0.1, -0.05) is 164 Å². The standard InChI is InChI=1S/C21H48F3NO2Si4.C17H42FNOSi4/c1-29(2)17-19(31(5)6)18(30(3)4)11-7-8-15-28-16-10-13-25-20(26)21(23,24)27-14-9-12-22;1-22(2)14-16(24(5)6)15(23(3)4)10-7-8-12-21-13-9-11-19-17(18)20/h18-19,29-31H,7-17,28H2,1-6H3,(H,25,26);15-16,22-24H,7-14,21H2,1-6H3,(H,19,20). The van der Waals surface area contributed by atoms with Gasteiger partial charge in [0.2, 0.25) is 0 Å². The van der Waals surface area contributed by atoms with Gasteiger partial charge >= 0.3 is 18.2 Å². The summed E-state index contributed by atoms with van der Waals surface area (Å²) in [4.78, 5) is 21.6. The van der Waals surface area contributed by atoms with Gasteiger partial charge in [0, 0.05) is 84.9 Å². The van der Waals surface area contributed by atoms with E-state index in [4.69, 9.17) is 0 Å². The second-order valence-electron chi connectivity index (χ2n) is 18.6. The Morgan fingerprint density at radius 2 is 0.964 bits per heavy atom. The highest BCUT2D eigenvalue weighted by Gasteiger charge is 2.40. The Kier molecular flexibility index (Phi) is 36.7. The molecule has 0 aliphatic rings. The topological polar surface area (TPSA) is 67.4 Å². The average Bonchev–Trinajstić information content (AvgIpc) is 3.07. The minimum atomic E-state index is -3.86. The van der Waals surface area contributed by atoms with Gasteiger partial charge in [-0.3, -0.25) is 9.18 Å². The highest BCUT2D eigenvalue weighted by atomic mass is 28.3. The van der Waals surface area contributed by atoms with Crippen molar-refractivity contribution in [3.05, 3.63) is 0 Å². The molecule has 0 heterocycles. The lowest BCUT2D eigenvalue weighted by molar-refractivity contribution is -0.231. The quantitative estimate of drug-likeness (QED) is 0.0227. The molecule has 4 atom stereocenters. The lowest BCUT2D eigenvalue weighted by atomic mass is 10.1. The monoisotopic (exact) mass is 923 g/mol. The van der Waals surface area contributed by atoms with Crippen molar-refractivity contribution < 1.29 is 31.9 Å². The Balaban J connectivity index is 0. The van der Waals surface area contributed by atoms with Crippen molar-refractivity contribution in [2.24, 2.45) is 0 Å². The van der Waals surface area contributed by atoms with Crippen molar-refractivity contribution in [2.75, 3.05) is 26.4 Å². The molecule has 0 aliphatic heterocycles. The summed E-state index contributed by atoms with van der Waals surface area (Å²) in [6.45, 7) is 30.1. The number of hydrogen-bond acceptors (Lipinski definition) is 3. The van der Waals surface area contributed by atoms with Crippen LogP contribution < -0.4 is 10.6 Å². The first-order chi connectivity index (χ1) is 25.8. The third-order valence-corrected chi connectivity index (χ3v) is 30.3. The van der Waals surface area contributed by atoms with E-state index in [1.807, 2.05) is 0 Å². The molecule has 5 nitrogen and oxygen atoms in total. The molecule has 17 heteroatoms. The van der Waals surface area contributed by atoms with E-state index in [0.29, 0.717) is 6.54 Å². The van der Waals surface area contributed by atoms with Crippen LogP contribution in [0.4, 0.5) is 22.4 Å². The first-order valence-electron chi connectivity index (χ1n) is 22.6. The predicted octanol–water partition coefficient (Wildman–Crippen LogP) is 9.27. The molecule has 0 saturated carbocycles. The molecule has 0 bridgehead atoms. The molecule has 330 valence electrons. The van der Waals surface area contributed by atoms with Crippen molar-refractivity contribution in [3.8, 4) is 0 Å². The van der Waals surface area contributed by atoms with Crippen molar-refractivity contribution in [3.63, 3.8) is 0 Å². The smallest absolute Gasteiger partial charge is 0.349 e. The van der Waals surface area contributed by atoms with Gasteiger partial charge in [0.1, 0.15) is 0 Å². The molecule has 0 rings (SSSR count). The summed E-state index contributed by atoms with van der Waals surface area (Å²) in [5, 5.41) is 4.49. The molecule has 0 radical (unpaired) electrons. The van der Waals surface area contributed by atoms with Crippen LogP contribution in [0, 0.1) is 0 Å². The number of carbonyl (C=O) groups is 2. The van der Waals surface area contributed by atoms with Crippen LogP contribution >= 0.6 is 0 Å². The van der Waals surface area contributed by atoms with E-state index >= 15 is 0 Å². The summed E-state index contributed by atoms with van der Waals surface area (Å²) in [5.41, 5.74) is 4.28. The van der Waals surface area contributed by atoms with E-state index in [-0.39, 0.29) is 32.0 Å². The highest BCUT2D eigenvalue weighted by Crippen LogP contribution is 2.40. The second kappa shape index (κ2) is 35.1. The number of rotatable bonds is 33. The number of halogens is 4. The first kappa shape index (κ1) is 57.4. The maximum absolute atomic E-state index is 13.4. The number of nitrogens with one attached hydrogen (secondary N) is 2. The van der Waals surface area contributed by atoms with Gasteiger partial charge in [-0.15, -0.1) is 4.39 Å². The van der Waals surface area contributed by atoms with Crippen LogP contribution in [0.25, 0.3) is 0 Å². The minimum Gasteiger partial charge on any atom is -0.349 e. The molecule has 0 aromatic heterocycles. The van der Waals surface area contributed by atoms with Crippen molar-refractivity contribution in [2.45, 2.75) is 201 Å². The molecule has 0 spiro atoms. The summed E-state index contributed by atoms with van der Waals surface area (Å²) in [6.07, 6.45) is 4.74. The maximum atomic E-state index is 13.4. The van der Waals surface area contributed by atoms with Crippen LogP contribution in [-0.2, 0) is 9.53 Å². The molecule has 4 unspecified atom stereocenters. The van der Waals surface area contributed by atoms with Gasteiger partial charge in [-0.2, -0.15) is 8.78 Å². The summed E-state index contributed by atoms with van der Waals surface area (Å²) in [6, 6.07) is 8.18. The second-order valence-corrected chi connectivity index (χ2v) is 42.7. The van der Waals surface area contributed by atoms with Crippen molar-refractivity contribution in [1.29, 1.82) is 0 Å². The Morgan fingerprint density at radius 1 is 0.582 bits per heavy atom. The summed E-state index contributed by atoms with van der Waals surface area (Å²) < 4.78 is 54.9. The normalized spacial score (nSPS) is 14.9. The minimum absolute atomic E-state index is 0.00217. The van der Waals surface area contributed by atoms with Crippen LogP contribution in [0.5, 0.6) is 0 Å². The molecule has 0 fully saturated rings. The largest absolute Gasteiger partial charge is 0.436 e. The average molecular weight is 924 g/mol. The van der Waals surface area contributed by atoms with Gasteiger partial charge in [0.05, 0.1) is 13.3 Å². The van der Waals surface area contributed by atoms with Gasteiger partial charge in [-0.25, -0.2) is 4.79 Å². The fourth-order valence-corrected chi connectivity index (χ4v) is 34.5. The van der Waals surface area contributed by atoms with E-state index in [2.05, 4.69) is 93.9 Å². The van der Waals surface area contributed by atoms with Gasteiger partial charge in [-0.05, 0) is 30.3 Å².